The zero-order chi connectivity index (χ0) is 22.7. The van der Waals surface area contributed by atoms with Crippen LogP contribution in [-0.2, 0) is 6.42 Å². The van der Waals surface area contributed by atoms with Crippen LogP contribution in [0.25, 0.3) is 16.9 Å². The predicted molar refractivity (Wildman–Crippen MR) is 119 cm³/mol. The number of nitrogens with zero attached hydrogens (tertiary/aromatic N) is 5. The molecule has 162 valence electrons. The van der Waals surface area contributed by atoms with Gasteiger partial charge in [-0.25, -0.2) is 15.0 Å². The molecule has 1 aromatic carbocycles. The van der Waals surface area contributed by atoms with Crippen LogP contribution in [0.1, 0.15) is 22.5 Å². The number of rotatable bonds is 8. The summed E-state index contributed by atoms with van der Waals surface area (Å²) in [6, 6.07) is 11.7. The molecule has 4 aromatic rings. The van der Waals surface area contributed by atoms with E-state index in [2.05, 4.69) is 20.3 Å². The number of nitrogens with one attached hydrogen (secondary N) is 1. The minimum atomic E-state index is -0.554. The maximum absolute atomic E-state index is 11.5. The lowest BCUT2D eigenvalue weighted by Gasteiger charge is -2.11. The first-order valence-corrected chi connectivity index (χ1v) is 9.80. The minimum absolute atomic E-state index is 0.0897. The van der Waals surface area contributed by atoms with Crippen molar-refractivity contribution >= 4 is 29.0 Å². The number of nitro groups is 1. The molecule has 3 aromatic heterocycles. The second kappa shape index (κ2) is 8.68. The molecule has 0 bridgehead atoms. The number of aryl methyl sites for hydroxylation is 1. The number of hydrogen-bond donors (Lipinski definition) is 3. The zero-order valence-corrected chi connectivity index (χ0v) is 16.9. The van der Waals surface area contributed by atoms with E-state index in [-0.39, 0.29) is 11.5 Å². The zero-order valence-electron chi connectivity index (χ0n) is 16.9. The van der Waals surface area contributed by atoms with Gasteiger partial charge in [-0.2, -0.15) is 0 Å². The average Bonchev–Trinajstić information content (AvgIpc) is 3.25. The molecule has 0 fully saturated rings. The van der Waals surface area contributed by atoms with Crippen molar-refractivity contribution in [1.29, 1.82) is 0 Å². The maximum Gasteiger partial charge on any atom is 0.311 e. The molecule has 0 saturated carbocycles. The summed E-state index contributed by atoms with van der Waals surface area (Å²) in [5, 5.41) is 14.1. The van der Waals surface area contributed by atoms with E-state index >= 15 is 0 Å². The highest BCUT2D eigenvalue weighted by Gasteiger charge is 2.13. The van der Waals surface area contributed by atoms with Crippen LogP contribution in [0.2, 0.25) is 0 Å². The molecular weight excluding hydrogens is 412 g/mol. The lowest BCUT2D eigenvalue weighted by Crippen LogP contribution is -2.11. The summed E-state index contributed by atoms with van der Waals surface area (Å²) < 4.78 is 1.82. The molecule has 3 heterocycles. The first-order valence-electron chi connectivity index (χ1n) is 9.80. The van der Waals surface area contributed by atoms with E-state index < -0.39 is 10.8 Å². The quantitative estimate of drug-likeness (QED) is 0.217. The van der Waals surface area contributed by atoms with Gasteiger partial charge in [-0.05, 0) is 31.0 Å². The fourth-order valence-electron chi connectivity index (χ4n) is 3.30. The number of nitrogens with two attached hydrogens (primary N) is 2. The van der Waals surface area contributed by atoms with Crippen molar-refractivity contribution in [2.75, 3.05) is 17.6 Å². The van der Waals surface area contributed by atoms with Gasteiger partial charge in [0.1, 0.15) is 5.65 Å². The first-order chi connectivity index (χ1) is 15.4. The van der Waals surface area contributed by atoms with E-state index in [4.69, 9.17) is 11.5 Å². The molecule has 32 heavy (non-hydrogen) atoms. The van der Waals surface area contributed by atoms with Crippen LogP contribution in [0.15, 0.2) is 54.9 Å². The molecule has 0 saturated heterocycles. The molecular formula is C21H20N8O3. The molecule has 0 unspecified atom stereocenters. The van der Waals surface area contributed by atoms with Gasteiger partial charge in [0.25, 0.3) is 0 Å². The Morgan fingerprint density at radius 1 is 1.19 bits per heavy atom. The number of benzene rings is 1. The van der Waals surface area contributed by atoms with Crippen LogP contribution in [-0.4, -0.2) is 36.7 Å². The number of amides is 1. The van der Waals surface area contributed by atoms with Crippen molar-refractivity contribution in [2.45, 2.75) is 12.8 Å². The Kier molecular flexibility index (Phi) is 5.62. The van der Waals surface area contributed by atoms with Gasteiger partial charge in [0.2, 0.25) is 17.7 Å². The lowest BCUT2D eigenvalue weighted by atomic mass is 10.1. The fraction of sp³-hybridized carbons (Fsp3) is 0.143. The Morgan fingerprint density at radius 2 is 2.03 bits per heavy atom. The maximum atomic E-state index is 11.5. The second-order valence-electron chi connectivity index (χ2n) is 7.06. The largest absolute Gasteiger partial charge is 0.378 e. The molecule has 0 atom stereocenters. The van der Waals surface area contributed by atoms with Crippen molar-refractivity contribution in [3.63, 3.8) is 0 Å². The van der Waals surface area contributed by atoms with Crippen molar-refractivity contribution in [3.05, 3.63) is 76.2 Å². The van der Waals surface area contributed by atoms with E-state index in [0.29, 0.717) is 47.9 Å². The molecule has 0 radical (unpaired) electrons. The van der Waals surface area contributed by atoms with Gasteiger partial charge in [-0.3, -0.25) is 19.3 Å². The summed E-state index contributed by atoms with van der Waals surface area (Å²) in [6.07, 6.45) is 4.76. The monoisotopic (exact) mass is 432 g/mol. The lowest BCUT2D eigenvalue weighted by molar-refractivity contribution is -0.384. The highest BCUT2D eigenvalue weighted by atomic mass is 16.6. The third-order valence-electron chi connectivity index (χ3n) is 4.88. The minimum Gasteiger partial charge on any atom is -0.378 e. The van der Waals surface area contributed by atoms with E-state index in [0.717, 1.165) is 5.56 Å². The predicted octanol–water partition coefficient (Wildman–Crippen LogP) is 2.43. The number of aromatic nitrogens is 4. The summed E-state index contributed by atoms with van der Waals surface area (Å²) in [7, 11) is 0. The van der Waals surface area contributed by atoms with Gasteiger partial charge >= 0.3 is 5.69 Å². The third-order valence-corrected chi connectivity index (χ3v) is 4.88. The van der Waals surface area contributed by atoms with Gasteiger partial charge in [0.15, 0.2) is 0 Å². The molecule has 0 spiro atoms. The molecule has 0 aliphatic rings. The molecule has 0 aliphatic carbocycles. The summed E-state index contributed by atoms with van der Waals surface area (Å²) in [6.45, 7) is 0.573. The standard InChI is InChI=1S/C21H20N8O3/c22-19-17(29(31)32)7-6-15(26-19)5-2-8-25-21-27-16(12-18-24-9-10-28(18)21)13-3-1-4-14(11-13)20(23)30/h1,3-4,6-7,9-12H,2,5,8H2,(H2,22,26)(H2,23,30)(H,25,27). The number of anilines is 2. The number of primary amides is 1. The number of carbonyl (C=O) groups excluding carboxylic acids is 1. The van der Waals surface area contributed by atoms with E-state index in [9.17, 15) is 14.9 Å². The molecule has 0 aliphatic heterocycles. The smallest absolute Gasteiger partial charge is 0.311 e. The third kappa shape index (κ3) is 4.31. The normalized spacial score (nSPS) is 10.9. The number of hydrogen-bond acceptors (Lipinski definition) is 8. The Morgan fingerprint density at radius 3 is 2.78 bits per heavy atom. The van der Waals surface area contributed by atoms with Crippen LogP contribution in [0.3, 0.4) is 0 Å². The van der Waals surface area contributed by atoms with Gasteiger partial charge in [0.05, 0.1) is 10.6 Å². The molecule has 11 heteroatoms. The van der Waals surface area contributed by atoms with Crippen LogP contribution < -0.4 is 16.8 Å². The molecule has 5 N–H and O–H groups in total. The highest BCUT2D eigenvalue weighted by Crippen LogP contribution is 2.23. The van der Waals surface area contributed by atoms with E-state index in [1.807, 2.05) is 16.5 Å². The molecule has 1 amide bonds. The number of pyridine rings is 1. The molecule has 4 rings (SSSR count). The van der Waals surface area contributed by atoms with E-state index in [1.165, 1.54) is 6.07 Å². The number of nitrogen functional groups attached to an aromatic ring is 1. The van der Waals surface area contributed by atoms with Gasteiger partial charge in [-0.1, -0.05) is 12.1 Å². The van der Waals surface area contributed by atoms with E-state index in [1.54, 1.807) is 36.7 Å². The topological polar surface area (TPSA) is 167 Å². The summed E-state index contributed by atoms with van der Waals surface area (Å²) in [5.74, 6) is -0.00336. The van der Waals surface area contributed by atoms with Crippen LogP contribution >= 0.6 is 0 Å². The van der Waals surface area contributed by atoms with Crippen LogP contribution in [0.4, 0.5) is 17.5 Å². The Labute approximate surface area is 182 Å². The van der Waals surface area contributed by atoms with Crippen molar-refractivity contribution in [1.82, 2.24) is 19.4 Å². The highest BCUT2D eigenvalue weighted by molar-refractivity contribution is 5.94. The Hall–Kier alpha value is -4.54. The number of fused-ring (bicyclic) bond motifs is 1. The Bertz CT molecular complexity index is 1320. The van der Waals surface area contributed by atoms with Crippen LogP contribution in [0.5, 0.6) is 0 Å². The number of imidazole rings is 1. The SMILES string of the molecule is NC(=O)c1cccc(-c2cc3nccn3c(NCCCc3ccc([N+](=O)[O-])c(N)n3)n2)c1. The number of carbonyl (C=O) groups is 1. The van der Waals surface area contributed by atoms with Crippen molar-refractivity contribution in [2.24, 2.45) is 5.73 Å². The first kappa shape index (κ1) is 20.7. The van der Waals surface area contributed by atoms with Crippen molar-refractivity contribution in [3.8, 4) is 11.3 Å². The molecule has 11 nitrogen and oxygen atoms in total. The average molecular weight is 432 g/mol. The van der Waals surface area contributed by atoms with Crippen LogP contribution in [0, 0.1) is 10.1 Å². The summed E-state index contributed by atoms with van der Waals surface area (Å²) >= 11 is 0. The van der Waals surface area contributed by atoms with Gasteiger partial charge in [0, 0.05) is 47.9 Å². The van der Waals surface area contributed by atoms with Crippen molar-refractivity contribution < 1.29 is 9.72 Å². The van der Waals surface area contributed by atoms with Gasteiger partial charge in [-0.15, -0.1) is 0 Å². The Balaban J connectivity index is 1.49. The fourth-order valence-corrected chi connectivity index (χ4v) is 3.30. The summed E-state index contributed by atoms with van der Waals surface area (Å²) in [4.78, 5) is 34.9. The summed E-state index contributed by atoms with van der Waals surface area (Å²) in [5.41, 5.74) is 14.0. The van der Waals surface area contributed by atoms with Gasteiger partial charge < -0.3 is 16.8 Å². The second-order valence-corrected chi connectivity index (χ2v) is 7.06.